The van der Waals surface area contributed by atoms with Crippen LogP contribution in [0.25, 0.3) is 0 Å². The van der Waals surface area contributed by atoms with Crippen LogP contribution >= 0.6 is 0 Å². The van der Waals surface area contributed by atoms with E-state index in [9.17, 15) is 8.09 Å². The normalized spacial score (nSPS) is 16.1. The van der Waals surface area contributed by atoms with Crippen LogP contribution < -0.4 is 0 Å². The van der Waals surface area contributed by atoms with Gasteiger partial charge < -0.3 is 0 Å². The van der Waals surface area contributed by atoms with Crippen molar-refractivity contribution in [1.29, 1.82) is 0 Å². The predicted octanol–water partition coefficient (Wildman–Crippen LogP) is 0.902. The molecule has 1 heterocycles. The van der Waals surface area contributed by atoms with Crippen LogP contribution in [0.15, 0.2) is 12.4 Å². The summed E-state index contributed by atoms with van der Waals surface area (Å²) in [5, 5.41) is 0. The molecule has 0 bridgehead atoms. The summed E-state index contributed by atoms with van der Waals surface area (Å²) in [6.45, 7) is 1.87. The second-order valence-electron chi connectivity index (χ2n) is 2.96. The minimum absolute atomic E-state index is 0.0605. The molecule has 1 rings (SSSR count). The summed E-state index contributed by atoms with van der Waals surface area (Å²) in [6.07, 6.45) is 2.80. The van der Waals surface area contributed by atoms with E-state index in [2.05, 4.69) is 4.98 Å². The van der Waals surface area contributed by atoms with Gasteiger partial charge in [0.15, 0.2) is 0 Å². The van der Waals surface area contributed by atoms with Crippen molar-refractivity contribution in [2.45, 2.75) is 13.0 Å². The Bertz CT molecular complexity index is 312. The zero-order valence-electron chi connectivity index (χ0n) is 7.77. The van der Waals surface area contributed by atoms with Crippen LogP contribution in [0.2, 0.25) is 0 Å². The van der Waals surface area contributed by atoms with E-state index in [1.54, 1.807) is 0 Å². The summed E-state index contributed by atoms with van der Waals surface area (Å²) in [5.41, 5.74) is 0. The number of halogens is 1. The molecule has 0 aromatic carbocycles. The lowest BCUT2D eigenvalue weighted by molar-refractivity contribution is 0.308. The molecule has 0 saturated carbocycles. The average Bonchev–Trinajstić information content (AvgIpc) is 2.50. The van der Waals surface area contributed by atoms with Crippen LogP contribution in [0.3, 0.4) is 0 Å². The second kappa shape index (κ2) is 3.97. The van der Waals surface area contributed by atoms with E-state index in [4.69, 9.17) is 0 Å². The first-order chi connectivity index (χ1) is 6.04. The lowest BCUT2D eigenvalue weighted by Gasteiger charge is -2.18. The molecule has 0 spiro atoms. The third kappa shape index (κ3) is 2.13. The maximum Gasteiger partial charge on any atom is 0.309 e. The molecule has 1 aromatic rings. The maximum atomic E-state index is 12.5. The number of hydrogen-bond acceptors (Lipinski definition) is 3. The SMILES string of the molecule is CC(c1nccn1S(=O)F)N(C)C. The molecule has 6 heteroatoms. The minimum atomic E-state index is -2.52. The molecule has 0 radical (unpaired) electrons. The van der Waals surface area contributed by atoms with Gasteiger partial charge in [0.1, 0.15) is 5.82 Å². The van der Waals surface area contributed by atoms with Gasteiger partial charge in [-0.1, -0.05) is 0 Å². The van der Waals surface area contributed by atoms with Crippen molar-refractivity contribution in [3.05, 3.63) is 18.2 Å². The Hall–Kier alpha value is -0.750. The van der Waals surface area contributed by atoms with Crippen molar-refractivity contribution in [3.8, 4) is 0 Å². The van der Waals surface area contributed by atoms with Gasteiger partial charge in [0.05, 0.1) is 6.04 Å². The molecule has 0 aliphatic carbocycles. The van der Waals surface area contributed by atoms with Crippen molar-refractivity contribution < 1.29 is 8.09 Å². The molecule has 2 atom stereocenters. The van der Waals surface area contributed by atoms with Crippen molar-refractivity contribution in [3.63, 3.8) is 0 Å². The van der Waals surface area contributed by atoms with E-state index in [1.165, 1.54) is 12.4 Å². The monoisotopic (exact) mass is 205 g/mol. The van der Waals surface area contributed by atoms with Crippen LogP contribution in [0.5, 0.6) is 0 Å². The third-order valence-corrected chi connectivity index (χ3v) is 2.56. The third-order valence-electron chi connectivity index (χ3n) is 1.94. The molecule has 74 valence electrons. The number of hydrogen-bond donors (Lipinski definition) is 0. The quantitative estimate of drug-likeness (QED) is 0.688. The topological polar surface area (TPSA) is 38.1 Å². The van der Waals surface area contributed by atoms with Gasteiger partial charge in [0.25, 0.3) is 0 Å². The fraction of sp³-hybridized carbons (Fsp3) is 0.571. The highest BCUT2D eigenvalue weighted by atomic mass is 32.2. The Morgan fingerprint density at radius 3 is 2.77 bits per heavy atom. The second-order valence-corrected chi connectivity index (χ2v) is 3.76. The van der Waals surface area contributed by atoms with Crippen LogP contribution in [-0.4, -0.2) is 32.2 Å². The first kappa shape index (κ1) is 10.3. The molecule has 0 saturated heterocycles. The van der Waals surface area contributed by atoms with Crippen molar-refractivity contribution >= 4 is 11.4 Å². The Kier molecular flexibility index (Phi) is 3.16. The summed E-state index contributed by atoms with van der Waals surface area (Å²) in [6, 6.07) is -0.0605. The fourth-order valence-electron chi connectivity index (χ4n) is 0.948. The lowest BCUT2D eigenvalue weighted by atomic mass is 10.3. The summed E-state index contributed by atoms with van der Waals surface area (Å²) in [4.78, 5) is 5.81. The van der Waals surface area contributed by atoms with E-state index in [0.717, 1.165) is 3.97 Å². The summed E-state index contributed by atoms with van der Waals surface area (Å²) < 4.78 is 24.1. The number of aromatic nitrogens is 2. The zero-order chi connectivity index (χ0) is 10.0. The molecular formula is C7H12FN3OS. The highest BCUT2D eigenvalue weighted by molar-refractivity contribution is 7.78. The Morgan fingerprint density at radius 2 is 2.31 bits per heavy atom. The average molecular weight is 205 g/mol. The van der Waals surface area contributed by atoms with E-state index in [1.807, 2.05) is 25.9 Å². The molecule has 2 unspecified atom stereocenters. The molecule has 0 N–H and O–H groups in total. The largest absolute Gasteiger partial charge is 0.309 e. The number of imidazole rings is 1. The first-order valence-corrected chi connectivity index (χ1v) is 4.83. The van der Waals surface area contributed by atoms with Gasteiger partial charge in [-0.25, -0.2) is 8.96 Å². The van der Waals surface area contributed by atoms with Gasteiger partial charge in [-0.05, 0) is 21.0 Å². The maximum absolute atomic E-state index is 12.5. The smallest absolute Gasteiger partial charge is 0.300 e. The van der Waals surface area contributed by atoms with E-state index in [0.29, 0.717) is 5.82 Å². The van der Waals surface area contributed by atoms with E-state index >= 15 is 0 Å². The minimum Gasteiger partial charge on any atom is -0.300 e. The molecule has 13 heavy (non-hydrogen) atoms. The Balaban J connectivity index is 3.00. The first-order valence-electron chi connectivity index (χ1n) is 3.82. The molecule has 0 aliphatic heterocycles. The standard InChI is InChI=1S/C7H12FN3OS/c1-6(10(2)3)7-9-4-5-11(7)13(8)12/h4-6H,1-3H3. The Morgan fingerprint density at radius 1 is 1.69 bits per heavy atom. The highest BCUT2D eigenvalue weighted by Gasteiger charge is 2.16. The summed E-state index contributed by atoms with van der Waals surface area (Å²) in [5.74, 6) is 0.464. The number of rotatable bonds is 3. The summed E-state index contributed by atoms with van der Waals surface area (Å²) >= 11 is -2.52. The fourth-order valence-corrected chi connectivity index (χ4v) is 1.44. The van der Waals surface area contributed by atoms with E-state index < -0.39 is 11.4 Å². The molecule has 1 aromatic heterocycles. The molecular weight excluding hydrogens is 193 g/mol. The van der Waals surface area contributed by atoms with Crippen molar-refractivity contribution in [1.82, 2.24) is 13.9 Å². The number of nitrogens with zero attached hydrogens (tertiary/aromatic N) is 3. The Labute approximate surface area is 79.3 Å². The lowest BCUT2D eigenvalue weighted by Crippen LogP contribution is -2.21. The van der Waals surface area contributed by atoms with Gasteiger partial charge in [-0.3, -0.25) is 4.90 Å². The predicted molar refractivity (Wildman–Crippen MR) is 49.0 cm³/mol. The van der Waals surface area contributed by atoms with Crippen LogP contribution in [-0.2, 0) is 11.4 Å². The van der Waals surface area contributed by atoms with Crippen molar-refractivity contribution in [2.24, 2.45) is 0 Å². The molecule has 4 nitrogen and oxygen atoms in total. The molecule has 0 aliphatic rings. The van der Waals surface area contributed by atoms with Crippen LogP contribution in [0.4, 0.5) is 3.89 Å². The van der Waals surface area contributed by atoms with Gasteiger partial charge >= 0.3 is 11.4 Å². The van der Waals surface area contributed by atoms with E-state index in [-0.39, 0.29) is 6.04 Å². The van der Waals surface area contributed by atoms with Gasteiger partial charge in [0.2, 0.25) is 0 Å². The summed E-state index contributed by atoms with van der Waals surface area (Å²) in [7, 11) is 3.70. The van der Waals surface area contributed by atoms with Gasteiger partial charge in [0, 0.05) is 12.4 Å². The highest BCUT2D eigenvalue weighted by Crippen LogP contribution is 2.15. The molecule has 0 fully saturated rings. The van der Waals surface area contributed by atoms with Crippen molar-refractivity contribution in [2.75, 3.05) is 14.1 Å². The van der Waals surface area contributed by atoms with Gasteiger partial charge in [-0.2, -0.15) is 4.21 Å². The van der Waals surface area contributed by atoms with Crippen LogP contribution in [0.1, 0.15) is 18.8 Å². The zero-order valence-corrected chi connectivity index (χ0v) is 8.58. The molecule has 0 amide bonds. The van der Waals surface area contributed by atoms with Gasteiger partial charge in [-0.15, -0.1) is 3.89 Å². The van der Waals surface area contributed by atoms with Crippen LogP contribution in [0, 0.1) is 0 Å².